The Morgan fingerprint density at radius 2 is 2.43 bits per heavy atom. The molecule has 0 aromatic heterocycles. The molecule has 1 heterocycles. The maximum Gasteiger partial charge on any atom is 0.236 e. The van der Waals surface area contributed by atoms with Crippen LogP contribution >= 0.6 is 11.8 Å². The second-order valence-corrected chi connectivity index (χ2v) is 4.78. The number of nitrogens with zero attached hydrogens (tertiary/aromatic N) is 3. The number of thioether (sulfide) groups is 1. The Bertz CT molecular complexity index is 637. The van der Waals surface area contributed by atoms with Crippen molar-refractivity contribution in [2.45, 2.75) is 0 Å². The summed E-state index contributed by atoms with van der Waals surface area (Å²) < 4.78 is 10.5. The number of ether oxygens (including phenoxy) is 2. The van der Waals surface area contributed by atoms with Crippen molar-refractivity contribution in [3.8, 4) is 17.6 Å². The fourth-order valence-corrected chi connectivity index (χ4v) is 2.21. The zero-order chi connectivity index (χ0) is 15.1. The molecule has 21 heavy (non-hydrogen) atoms. The van der Waals surface area contributed by atoms with Crippen molar-refractivity contribution in [3.63, 3.8) is 0 Å². The van der Waals surface area contributed by atoms with E-state index in [-0.39, 0.29) is 12.5 Å². The summed E-state index contributed by atoms with van der Waals surface area (Å²) in [6.07, 6.45) is 1.48. The molecule has 1 aromatic rings. The Labute approximate surface area is 125 Å². The normalized spacial score (nSPS) is 16.0. The van der Waals surface area contributed by atoms with Crippen LogP contribution in [-0.4, -0.2) is 36.8 Å². The van der Waals surface area contributed by atoms with Gasteiger partial charge in [0, 0.05) is 5.56 Å². The number of methoxy groups -OCH3 is 1. The number of amidine groups is 1. The number of nitriles is 1. The molecule has 2 rings (SSSR count). The van der Waals surface area contributed by atoms with Gasteiger partial charge in [0.05, 0.1) is 19.1 Å². The van der Waals surface area contributed by atoms with Crippen molar-refractivity contribution in [1.82, 2.24) is 5.32 Å². The average molecular weight is 304 g/mol. The first-order valence-electron chi connectivity index (χ1n) is 5.95. The van der Waals surface area contributed by atoms with E-state index in [1.54, 1.807) is 18.2 Å². The molecule has 8 heteroatoms. The molecule has 108 valence electrons. The van der Waals surface area contributed by atoms with E-state index in [2.05, 4.69) is 15.5 Å². The molecule has 0 radical (unpaired) electrons. The number of carbonyl (C=O) groups excluding carboxylic acids is 1. The Morgan fingerprint density at radius 3 is 3.10 bits per heavy atom. The molecular weight excluding hydrogens is 292 g/mol. The monoisotopic (exact) mass is 304 g/mol. The van der Waals surface area contributed by atoms with E-state index in [0.29, 0.717) is 28.0 Å². The number of amides is 1. The van der Waals surface area contributed by atoms with E-state index < -0.39 is 0 Å². The third-order valence-electron chi connectivity index (χ3n) is 2.44. The SMILES string of the molecule is COc1cccc(C=NN=C2NC(=O)CS2)c1OCC#N. The summed E-state index contributed by atoms with van der Waals surface area (Å²) in [6, 6.07) is 7.16. The van der Waals surface area contributed by atoms with Gasteiger partial charge in [0.2, 0.25) is 5.91 Å². The van der Waals surface area contributed by atoms with E-state index in [1.165, 1.54) is 25.1 Å². The lowest BCUT2D eigenvalue weighted by Gasteiger charge is -2.10. The van der Waals surface area contributed by atoms with Crippen molar-refractivity contribution in [2.75, 3.05) is 19.5 Å². The maximum absolute atomic E-state index is 11.0. The van der Waals surface area contributed by atoms with Crippen LogP contribution in [0.4, 0.5) is 0 Å². The Morgan fingerprint density at radius 1 is 1.57 bits per heavy atom. The van der Waals surface area contributed by atoms with Crippen LogP contribution in [0.2, 0.25) is 0 Å². The number of nitrogens with one attached hydrogen (secondary N) is 1. The highest BCUT2D eigenvalue weighted by Gasteiger charge is 2.16. The highest BCUT2D eigenvalue weighted by molar-refractivity contribution is 8.15. The fraction of sp³-hybridized carbons (Fsp3) is 0.231. The van der Waals surface area contributed by atoms with Gasteiger partial charge in [-0.3, -0.25) is 4.79 Å². The first kappa shape index (κ1) is 14.9. The van der Waals surface area contributed by atoms with Crippen molar-refractivity contribution in [2.24, 2.45) is 10.2 Å². The van der Waals surface area contributed by atoms with Gasteiger partial charge >= 0.3 is 0 Å². The number of rotatable bonds is 5. The van der Waals surface area contributed by atoms with E-state index in [4.69, 9.17) is 14.7 Å². The Balaban J connectivity index is 2.18. The van der Waals surface area contributed by atoms with Crippen LogP contribution < -0.4 is 14.8 Å². The fourth-order valence-electron chi connectivity index (χ4n) is 1.58. The van der Waals surface area contributed by atoms with Crippen LogP contribution in [0.1, 0.15) is 5.56 Å². The summed E-state index contributed by atoms with van der Waals surface area (Å²) >= 11 is 1.29. The van der Waals surface area contributed by atoms with E-state index in [9.17, 15) is 4.79 Å². The third kappa shape index (κ3) is 3.97. The van der Waals surface area contributed by atoms with Crippen LogP contribution in [0.3, 0.4) is 0 Å². The van der Waals surface area contributed by atoms with Crippen molar-refractivity contribution >= 4 is 29.1 Å². The van der Waals surface area contributed by atoms with Crippen molar-refractivity contribution in [1.29, 1.82) is 5.26 Å². The maximum atomic E-state index is 11.0. The van der Waals surface area contributed by atoms with Gasteiger partial charge in [-0.2, -0.15) is 10.4 Å². The van der Waals surface area contributed by atoms with Crippen LogP contribution in [0.15, 0.2) is 28.4 Å². The molecule has 1 fully saturated rings. The quantitative estimate of drug-likeness (QED) is 0.650. The molecule has 1 N–H and O–H groups in total. The second-order valence-electron chi connectivity index (χ2n) is 3.81. The number of hydrogen-bond donors (Lipinski definition) is 1. The molecule has 7 nitrogen and oxygen atoms in total. The van der Waals surface area contributed by atoms with Gasteiger partial charge in [-0.15, -0.1) is 5.10 Å². The third-order valence-corrected chi connectivity index (χ3v) is 3.31. The Kier molecular flexibility index (Phi) is 5.17. The summed E-state index contributed by atoms with van der Waals surface area (Å²) in [7, 11) is 1.51. The second kappa shape index (κ2) is 7.31. The molecule has 1 saturated heterocycles. The number of para-hydroxylation sites is 1. The van der Waals surface area contributed by atoms with Gasteiger partial charge in [0.25, 0.3) is 0 Å². The Hall–Kier alpha value is -2.53. The lowest BCUT2D eigenvalue weighted by Crippen LogP contribution is -2.19. The molecule has 0 bridgehead atoms. The van der Waals surface area contributed by atoms with Crippen molar-refractivity contribution < 1.29 is 14.3 Å². The number of carbonyl (C=O) groups is 1. The summed E-state index contributed by atoms with van der Waals surface area (Å²) in [4.78, 5) is 11.0. The minimum Gasteiger partial charge on any atom is -0.493 e. The molecule has 1 aromatic carbocycles. The standard InChI is InChI=1S/C13H12N4O3S/c1-19-10-4-2-3-9(12(10)20-6-5-14)7-15-17-13-16-11(18)8-21-13/h2-4,7H,6,8H2,1H3,(H,16,17,18). The topological polar surface area (TPSA) is 96.1 Å². The molecule has 1 aliphatic rings. The molecular formula is C13H12N4O3S. The molecule has 1 amide bonds. The molecule has 1 aliphatic heterocycles. The first-order valence-corrected chi connectivity index (χ1v) is 6.93. The molecule has 0 aliphatic carbocycles. The summed E-state index contributed by atoms with van der Waals surface area (Å²) in [6.45, 7) is -0.0956. The molecule has 0 spiro atoms. The largest absolute Gasteiger partial charge is 0.493 e. The first-order chi connectivity index (χ1) is 10.2. The smallest absolute Gasteiger partial charge is 0.236 e. The highest BCUT2D eigenvalue weighted by atomic mass is 32.2. The summed E-state index contributed by atoms with van der Waals surface area (Å²) in [5, 5.41) is 19.5. The van der Waals surface area contributed by atoms with Gasteiger partial charge in [0.1, 0.15) is 6.07 Å². The van der Waals surface area contributed by atoms with E-state index in [1.807, 2.05) is 6.07 Å². The molecule has 0 unspecified atom stereocenters. The minimum absolute atomic E-state index is 0.0895. The number of hydrogen-bond acceptors (Lipinski definition) is 7. The summed E-state index contributed by atoms with van der Waals surface area (Å²) in [5.74, 6) is 1.19. The summed E-state index contributed by atoms with van der Waals surface area (Å²) in [5.41, 5.74) is 0.628. The lowest BCUT2D eigenvalue weighted by atomic mass is 10.2. The minimum atomic E-state index is -0.0956. The van der Waals surface area contributed by atoms with Gasteiger partial charge < -0.3 is 14.8 Å². The van der Waals surface area contributed by atoms with Crippen molar-refractivity contribution in [3.05, 3.63) is 23.8 Å². The average Bonchev–Trinajstić information content (AvgIpc) is 2.91. The van der Waals surface area contributed by atoms with Crippen LogP contribution in [-0.2, 0) is 4.79 Å². The van der Waals surface area contributed by atoms with Gasteiger partial charge in [0.15, 0.2) is 23.3 Å². The van der Waals surface area contributed by atoms with Gasteiger partial charge in [-0.05, 0) is 12.1 Å². The predicted octanol–water partition coefficient (Wildman–Crippen LogP) is 1.15. The predicted molar refractivity (Wildman–Crippen MR) is 79.7 cm³/mol. The van der Waals surface area contributed by atoms with Gasteiger partial charge in [-0.1, -0.05) is 17.8 Å². The van der Waals surface area contributed by atoms with Crippen LogP contribution in [0, 0.1) is 11.3 Å². The highest BCUT2D eigenvalue weighted by Crippen LogP contribution is 2.30. The van der Waals surface area contributed by atoms with Crippen LogP contribution in [0.25, 0.3) is 0 Å². The van der Waals surface area contributed by atoms with E-state index >= 15 is 0 Å². The zero-order valence-electron chi connectivity index (χ0n) is 11.2. The lowest BCUT2D eigenvalue weighted by molar-refractivity contribution is -0.116. The van der Waals surface area contributed by atoms with E-state index in [0.717, 1.165) is 0 Å². The van der Waals surface area contributed by atoms with Gasteiger partial charge in [-0.25, -0.2) is 0 Å². The zero-order valence-corrected chi connectivity index (χ0v) is 12.0. The number of benzene rings is 1. The van der Waals surface area contributed by atoms with Crippen LogP contribution in [0.5, 0.6) is 11.5 Å². The molecule has 0 atom stereocenters. The molecule has 0 saturated carbocycles.